The van der Waals surface area contributed by atoms with E-state index in [0.717, 1.165) is 6.07 Å². The summed E-state index contributed by atoms with van der Waals surface area (Å²) in [5.41, 5.74) is 0.0539. The Bertz CT molecular complexity index is 772. The molecule has 0 atom stereocenters. The van der Waals surface area contributed by atoms with Crippen molar-refractivity contribution in [1.29, 1.82) is 5.26 Å². The first-order chi connectivity index (χ1) is 9.92. The van der Waals surface area contributed by atoms with Crippen LogP contribution in [0.15, 0.2) is 30.3 Å². The van der Waals surface area contributed by atoms with Crippen LogP contribution in [0.3, 0.4) is 0 Å². The number of benzene rings is 2. The molecular formula is C14H8ClFN2O3. The number of aryl methyl sites for hydroxylation is 1. The number of nitro groups is 1. The van der Waals surface area contributed by atoms with E-state index in [0.29, 0.717) is 5.02 Å². The van der Waals surface area contributed by atoms with Gasteiger partial charge in [-0.25, -0.2) is 4.39 Å². The van der Waals surface area contributed by atoms with Crippen LogP contribution in [0, 0.1) is 34.2 Å². The standard InChI is InChI=1S/C14H8ClFN2O3/c1-8-4-14(11(16)6-12(8)18(19)20)21-13-3-2-10(15)5-9(13)7-17/h2-6H,1H3. The molecule has 2 rings (SSSR count). The Kier molecular flexibility index (Phi) is 4.05. The zero-order valence-corrected chi connectivity index (χ0v) is 11.5. The molecule has 0 N–H and O–H groups in total. The van der Waals surface area contributed by atoms with E-state index in [1.807, 2.05) is 6.07 Å². The summed E-state index contributed by atoms with van der Waals surface area (Å²) >= 11 is 5.75. The average Bonchev–Trinajstić information content (AvgIpc) is 2.43. The Morgan fingerprint density at radius 3 is 2.67 bits per heavy atom. The third-order valence-corrected chi connectivity index (χ3v) is 2.96. The van der Waals surface area contributed by atoms with Crippen molar-refractivity contribution in [3.05, 3.63) is 62.4 Å². The minimum absolute atomic E-state index is 0.119. The molecular weight excluding hydrogens is 299 g/mol. The number of rotatable bonds is 3. The smallest absolute Gasteiger partial charge is 0.275 e. The van der Waals surface area contributed by atoms with Gasteiger partial charge >= 0.3 is 0 Å². The predicted molar refractivity (Wildman–Crippen MR) is 74.0 cm³/mol. The second kappa shape index (κ2) is 5.77. The highest BCUT2D eigenvalue weighted by molar-refractivity contribution is 6.30. The molecule has 0 aliphatic rings. The highest BCUT2D eigenvalue weighted by Crippen LogP contribution is 2.32. The van der Waals surface area contributed by atoms with Crippen molar-refractivity contribution in [1.82, 2.24) is 0 Å². The fraction of sp³-hybridized carbons (Fsp3) is 0.0714. The van der Waals surface area contributed by atoms with E-state index in [4.69, 9.17) is 21.6 Å². The minimum atomic E-state index is -0.883. The van der Waals surface area contributed by atoms with Crippen molar-refractivity contribution in [2.75, 3.05) is 0 Å². The van der Waals surface area contributed by atoms with Crippen molar-refractivity contribution in [3.63, 3.8) is 0 Å². The summed E-state index contributed by atoms with van der Waals surface area (Å²) in [7, 11) is 0. The zero-order chi connectivity index (χ0) is 15.6. The van der Waals surface area contributed by atoms with Gasteiger partial charge in [-0.05, 0) is 31.2 Å². The molecule has 0 radical (unpaired) electrons. The van der Waals surface area contributed by atoms with Crippen molar-refractivity contribution >= 4 is 17.3 Å². The van der Waals surface area contributed by atoms with Crippen LogP contribution < -0.4 is 4.74 Å². The molecule has 0 bridgehead atoms. The Morgan fingerprint density at radius 2 is 2.05 bits per heavy atom. The number of nitrogens with zero attached hydrogens (tertiary/aromatic N) is 2. The summed E-state index contributed by atoms with van der Waals surface area (Å²) in [4.78, 5) is 10.0. The van der Waals surface area contributed by atoms with E-state index in [-0.39, 0.29) is 28.3 Å². The molecule has 0 fully saturated rings. The lowest BCUT2D eigenvalue weighted by Crippen LogP contribution is -1.96. The topological polar surface area (TPSA) is 76.2 Å². The molecule has 0 aliphatic carbocycles. The van der Waals surface area contributed by atoms with Crippen LogP contribution in [0.25, 0.3) is 0 Å². The van der Waals surface area contributed by atoms with Gasteiger partial charge in [0.15, 0.2) is 11.6 Å². The van der Waals surface area contributed by atoms with E-state index in [1.165, 1.54) is 31.2 Å². The van der Waals surface area contributed by atoms with Gasteiger partial charge in [0.05, 0.1) is 16.6 Å². The highest BCUT2D eigenvalue weighted by atomic mass is 35.5. The normalized spacial score (nSPS) is 10.0. The number of hydrogen-bond acceptors (Lipinski definition) is 4. The molecule has 0 aromatic heterocycles. The highest BCUT2D eigenvalue weighted by Gasteiger charge is 2.17. The van der Waals surface area contributed by atoms with Gasteiger partial charge in [-0.15, -0.1) is 0 Å². The largest absolute Gasteiger partial charge is 0.453 e. The van der Waals surface area contributed by atoms with Crippen LogP contribution in [0.1, 0.15) is 11.1 Å². The molecule has 2 aromatic carbocycles. The van der Waals surface area contributed by atoms with Crippen molar-refractivity contribution in [3.8, 4) is 17.6 Å². The van der Waals surface area contributed by atoms with Crippen LogP contribution in [0.5, 0.6) is 11.5 Å². The van der Waals surface area contributed by atoms with Gasteiger partial charge in [0, 0.05) is 10.6 Å². The molecule has 0 heterocycles. The van der Waals surface area contributed by atoms with E-state index in [1.54, 1.807) is 0 Å². The van der Waals surface area contributed by atoms with Gasteiger partial charge in [0.25, 0.3) is 5.69 Å². The molecule has 7 heteroatoms. The molecule has 5 nitrogen and oxygen atoms in total. The molecule has 21 heavy (non-hydrogen) atoms. The molecule has 0 saturated heterocycles. The monoisotopic (exact) mass is 306 g/mol. The molecule has 2 aromatic rings. The Balaban J connectivity index is 2.44. The Morgan fingerprint density at radius 1 is 1.33 bits per heavy atom. The fourth-order valence-corrected chi connectivity index (χ4v) is 1.89. The Hall–Kier alpha value is -2.65. The number of hydrogen-bond donors (Lipinski definition) is 0. The third kappa shape index (κ3) is 3.09. The SMILES string of the molecule is Cc1cc(Oc2ccc(Cl)cc2C#N)c(F)cc1[N+](=O)[O-]. The van der Waals surface area contributed by atoms with E-state index >= 15 is 0 Å². The maximum absolute atomic E-state index is 13.9. The maximum Gasteiger partial charge on any atom is 0.275 e. The van der Waals surface area contributed by atoms with E-state index in [9.17, 15) is 14.5 Å². The van der Waals surface area contributed by atoms with Crippen LogP contribution in [-0.2, 0) is 0 Å². The predicted octanol–water partition coefficient (Wildman–Crippen LogP) is 4.36. The van der Waals surface area contributed by atoms with Crippen molar-refractivity contribution < 1.29 is 14.1 Å². The molecule has 0 aliphatic heterocycles. The van der Waals surface area contributed by atoms with Crippen molar-refractivity contribution in [2.24, 2.45) is 0 Å². The van der Waals surface area contributed by atoms with Crippen LogP contribution in [-0.4, -0.2) is 4.92 Å². The van der Waals surface area contributed by atoms with Crippen LogP contribution in [0.4, 0.5) is 10.1 Å². The lowest BCUT2D eigenvalue weighted by molar-refractivity contribution is -0.385. The van der Waals surface area contributed by atoms with Gasteiger partial charge in [-0.2, -0.15) is 5.26 Å². The summed E-state index contributed by atoms with van der Waals surface area (Å²) in [6.07, 6.45) is 0. The van der Waals surface area contributed by atoms with Gasteiger partial charge < -0.3 is 4.74 Å². The van der Waals surface area contributed by atoms with Gasteiger partial charge in [0.1, 0.15) is 11.8 Å². The van der Waals surface area contributed by atoms with Crippen LogP contribution >= 0.6 is 11.6 Å². The fourth-order valence-electron chi connectivity index (χ4n) is 1.72. The number of nitro benzene ring substituents is 1. The summed E-state index contributed by atoms with van der Waals surface area (Å²) in [6.45, 7) is 1.47. The van der Waals surface area contributed by atoms with Crippen LogP contribution in [0.2, 0.25) is 5.02 Å². The molecule has 0 amide bonds. The first kappa shape index (κ1) is 14.8. The quantitative estimate of drug-likeness (QED) is 0.623. The van der Waals surface area contributed by atoms with Gasteiger partial charge in [-0.1, -0.05) is 11.6 Å². The number of ether oxygens (including phenoxy) is 1. The molecule has 0 spiro atoms. The summed E-state index contributed by atoms with van der Waals surface area (Å²) < 4.78 is 19.2. The third-order valence-electron chi connectivity index (χ3n) is 2.73. The summed E-state index contributed by atoms with van der Waals surface area (Å²) in [5.74, 6) is -0.961. The van der Waals surface area contributed by atoms with E-state index < -0.39 is 10.7 Å². The molecule has 106 valence electrons. The Labute approximate surface area is 124 Å². The molecule has 0 unspecified atom stereocenters. The summed E-state index contributed by atoms with van der Waals surface area (Å²) in [6, 6.07) is 8.18. The first-order valence-corrected chi connectivity index (χ1v) is 6.12. The minimum Gasteiger partial charge on any atom is -0.453 e. The summed E-state index contributed by atoms with van der Waals surface area (Å²) in [5, 5.41) is 20.1. The average molecular weight is 307 g/mol. The number of nitriles is 1. The van der Waals surface area contributed by atoms with Crippen molar-refractivity contribution in [2.45, 2.75) is 6.92 Å². The number of halogens is 2. The lowest BCUT2D eigenvalue weighted by atomic mass is 10.2. The first-order valence-electron chi connectivity index (χ1n) is 5.74. The lowest BCUT2D eigenvalue weighted by Gasteiger charge is -2.09. The second-order valence-corrected chi connectivity index (χ2v) is 4.62. The maximum atomic E-state index is 13.9. The van der Waals surface area contributed by atoms with Gasteiger partial charge in [-0.3, -0.25) is 10.1 Å². The van der Waals surface area contributed by atoms with E-state index in [2.05, 4.69) is 0 Å². The molecule has 0 saturated carbocycles. The second-order valence-electron chi connectivity index (χ2n) is 4.18. The zero-order valence-electron chi connectivity index (χ0n) is 10.8. The van der Waals surface area contributed by atoms with Gasteiger partial charge in [0.2, 0.25) is 0 Å².